The Bertz CT molecular complexity index is 3090. The highest BCUT2D eigenvalue weighted by molar-refractivity contribution is 7.90. The van der Waals surface area contributed by atoms with Gasteiger partial charge < -0.3 is 86.8 Å². The average Bonchev–Trinajstić information content (AvgIpc) is 3.73. The fourth-order valence-electron chi connectivity index (χ4n) is 10.3. The lowest BCUT2D eigenvalue weighted by Crippen LogP contribution is -2.64. The van der Waals surface area contributed by atoms with Gasteiger partial charge in [-0.2, -0.15) is 0 Å². The third-order valence-corrected chi connectivity index (χ3v) is 16.4. The topological polar surface area (TPSA) is 454 Å². The van der Waals surface area contributed by atoms with Crippen molar-refractivity contribution in [2.24, 2.45) is 11.7 Å². The highest BCUT2D eigenvalue weighted by Gasteiger charge is 2.50. The van der Waals surface area contributed by atoms with E-state index in [1.54, 1.807) is 12.1 Å². The van der Waals surface area contributed by atoms with Crippen molar-refractivity contribution in [3.63, 3.8) is 0 Å². The Kier molecular flexibility index (Phi) is 24.3. The second kappa shape index (κ2) is 31.5. The minimum Gasteiger partial charge on any atom is -0.504 e. The largest absolute Gasteiger partial charge is 0.504 e. The van der Waals surface area contributed by atoms with E-state index in [0.29, 0.717) is 22.2 Å². The molecule has 3 fully saturated rings. The van der Waals surface area contributed by atoms with Crippen molar-refractivity contribution in [1.29, 1.82) is 0 Å². The van der Waals surface area contributed by atoms with E-state index in [1.807, 2.05) is 24.3 Å². The van der Waals surface area contributed by atoms with Crippen molar-refractivity contribution >= 4 is 70.9 Å². The molecule has 0 aliphatic carbocycles. The third kappa shape index (κ3) is 17.6. The summed E-state index contributed by atoms with van der Waals surface area (Å²) in [7, 11) is 0. The van der Waals surface area contributed by atoms with Gasteiger partial charge in [0.1, 0.15) is 52.0 Å². The molecule has 0 spiro atoms. The van der Waals surface area contributed by atoms with E-state index in [-0.39, 0.29) is 29.2 Å². The van der Waals surface area contributed by atoms with Crippen LogP contribution in [0.25, 0.3) is 21.1 Å². The highest BCUT2D eigenvalue weighted by Crippen LogP contribution is 2.33. The number of hydrogen-bond donors (Lipinski definition) is 14. The lowest BCUT2D eigenvalue weighted by Gasteiger charge is -2.33. The van der Waals surface area contributed by atoms with Gasteiger partial charge in [-0.1, -0.05) is 72.0 Å². The van der Waals surface area contributed by atoms with Gasteiger partial charge in [0.15, 0.2) is 11.5 Å². The molecule has 15 N–H and O–H groups in total. The number of fused-ring (bicyclic) bond motifs is 2. The van der Waals surface area contributed by atoms with E-state index in [4.69, 9.17) is 19.9 Å². The van der Waals surface area contributed by atoms with Crippen LogP contribution < -0.4 is 41.2 Å². The number of carbonyl (C=O) groups is 8. The molecule has 88 heavy (non-hydrogen) atoms. The predicted octanol–water partition coefficient (Wildman–Crippen LogP) is -1.28. The molecule has 32 heteroatoms. The van der Waals surface area contributed by atoms with Gasteiger partial charge in [-0.15, -0.1) is 10.2 Å². The van der Waals surface area contributed by atoms with Crippen molar-refractivity contribution in [3.8, 4) is 38.4 Å². The fourth-order valence-corrected chi connectivity index (χ4v) is 11.4. The number of hydrogen-bond acceptors (Lipinski definition) is 24. The standard InChI is InChI=1S/C56H72N10O20S2/c1-4-5-6-7-18-83-35-15-13-32(14-16-35)54-64-63-53(87-54)31-11-9-30(10-12-31)48(75)59-36-21-33(68)24-58-52(79)46-47(74)27(2)25-66(46)56(81)45(40(72)23-42(57)73)62-51(78)44(39(71)19-29-8-17-38(70)41(20-29)84-88-86-85-82)61-50(77)37-22-34(69)26-65(37)55(80)43(28(3)67)60-49(36)76/h8-17,20,27-28,33-34,36-37,39-40,43-47,67-72,74,82H,4-7,18-19,21-26H2,1-3H3,(H2,57,73)(H,58,79)(H,59,75)(H,60,76)(H,61,77)(H,62,78)/t27?,28?,33?,34?,36-,37?,39?,40?,43?,44?,45?,46?,47?/m0/s1. The normalized spacial score (nSPS) is 25.2. The summed E-state index contributed by atoms with van der Waals surface area (Å²) in [6.07, 6.45) is -9.31. The molecule has 0 radical (unpaired) electrons. The maximum Gasteiger partial charge on any atom is 0.261 e. The van der Waals surface area contributed by atoms with E-state index in [2.05, 4.69) is 53.1 Å². The van der Waals surface area contributed by atoms with E-state index in [0.717, 1.165) is 65.9 Å². The van der Waals surface area contributed by atoms with Crippen LogP contribution in [0, 0.1) is 5.92 Å². The number of aromatic hydroxyl groups is 1. The van der Waals surface area contributed by atoms with E-state index >= 15 is 0 Å². The number of aliphatic hydroxyl groups excluding tert-OH is 6. The molecule has 1 aromatic heterocycles. The number of ether oxygens (including phenoxy) is 1. The van der Waals surface area contributed by atoms with Gasteiger partial charge in [-0.25, -0.2) is 5.26 Å². The molecule has 7 rings (SSSR count). The maximum atomic E-state index is 14.7. The Morgan fingerprint density at radius 2 is 1.43 bits per heavy atom. The lowest BCUT2D eigenvalue weighted by molar-refractivity contribution is -0.433. The molecule has 3 aliphatic rings. The predicted molar refractivity (Wildman–Crippen MR) is 310 cm³/mol. The number of nitrogens with zero attached hydrogens (tertiary/aromatic N) is 4. The van der Waals surface area contributed by atoms with Crippen molar-refractivity contribution < 1.29 is 97.7 Å². The van der Waals surface area contributed by atoms with Crippen LogP contribution in [0.15, 0.2) is 66.7 Å². The van der Waals surface area contributed by atoms with Gasteiger partial charge in [-0.3, -0.25) is 38.4 Å². The maximum absolute atomic E-state index is 14.7. The van der Waals surface area contributed by atoms with Gasteiger partial charge in [-0.05, 0) is 67.4 Å². The second-order valence-electron chi connectivity index (χ2n) is 21.7. The van der Waals surface area contributed by atoms with Crippen LogP contribution in [0.5, 0.6) is 17.2 Å². The second-order valence-corrected chi connectivity index (χ2v) is 23.1. The van der Waals surface area contributed by atoms with Crippen LogP contribution in [0.1, 0.15) is 81.6 Å². The molecule has 13 atom stereocenters. The molecule has 0 saturated carbocycles. The number of phenolic OH excluding ortho intramolecular Hbond substituents is 1. The first kappa shape index (κ1) is 67.9. The number of carbonyl (C=O) groups excluding carboxylic acids is 8. The van der Waals surface area contributed by atoms with Gasteiger partial charge in [0.05, 0.1) is 49.7 Å². The van der Waals surface area contributed by atoms with Gasteiger partial charge in [0.25, 0.3) is 18.2 Å². The zero-order chi connectivity index (χ0) is 63.9. The zero-order valence-electron chi connectivity index (χ0n) is 48.0. The molecule has 4 heterocycles. The third-order valence-electron chi connectivity index (χ3n) is 15.0. The number of amides is 8. The molecule has 30 nitrogen and oxygen atoms in total. The highest BCUT2D eigenvalue weighted by atomic mass is 32.2. The summed E-state index contributed by atoms with van der Waals surface area (Å²) in [4.78, 5) is 115. The monoisotopic (exact) mass is 1270 g/mol. The molecular weight excluding hydrogens is 1200 g/mol. The summed E-state index contributed by atoms with van der Waals surface area (Å²) in [5, 5.41) is 112. The molecule has 12 unspecified atom stereocenters. The average molecular weight is 1270 g/mol. The number of nitrogens with two attached hydrogens (primary N) is 1. The van der Waals surface area contributed by atoms with Crippen molar-refractivity contribution in [1.82, 2.24) is 46.6 Å². The Hall–Kier alpha value is -7.63. The van der Waals surface area contributed by atoms with E-state index in [9.17, 15) is 74.1 Å². The molecule has 3 aliphatic heterocycles. The van der Waals surface area contributed by atoms with Gasteiger partial charge >= 0.3 is 0 Å². The molecule has 0 bridgehead atoms. The van der Waals surface area contributed by atoms with Crippen LogP contribution in [-0.4, -0.2) is 207 Å². The molecule has 3 saturated heterocycles. The molecule has 478 valence electrons. The molecule has 3 aromatic carbocycles. The first-order valence-electron chi connectivity index (χ1n) is 28.3. The van der Waals surface area contributed by atoms with Crippen LogP contribution >= 0.6 is 23.7 Å². The zero-order valence-corrected chi connectivity index (χ0v) is 49.6. The number of benzene rings is 3. The number of nitrogens with one attached hydrogen (secondary N) is 5. The summed E-state index contributed by atoms with van der Waals surface area (Å²) in [5.74, 6) is -10.4. The molecule has 8 amide bonds. The van der Waals surface area contributed by atoms with E-state index in [1.165, 1.54) is 36.5 Å². The summed E-state index contributed by atoms with van der Waals surface area (Å²) >= 11 is 1.35. The molecule has 4 aromatic rings. The van der Waals surface area contributed by atoms with Crippen LogP contribution in [-0.2, 0) is 49.4 Å². The summed E-state index contributed by atoms with van der Waals surface area (Å²) in [5.41, 5.74) is 6.88. The first-order valence-corrected chi connectivity index (χ1v) is 29.7. The smallest absolute Gasteiger partial charge is 0.261 e. The molecular formula is C56H72N10O20S2. The fraction of sp³-hybridized carbons (Fsp3) is 0.500. The summed E-state index contributed by atoms with van der Waals surface area (Å²) < 4.78 is 15.2. The Balaban J connectivity index is 1.18. The minimum absolute atomic E-state index is 0.00495. The van der Waals surface area contributed by atoms with Crippen molar-refractivity contribution in [3.05, 3.63) is 77.9 Å². The Morgan fingerprint density at radius 3 is 2.08 bits per heavy atom. The van der Waals surface area contributed by atoms with Crippen LogP contribution in [0.2, 0.25) is 0 Å². The number of phenols is 1. The number of unbranched alkanes of at least 4 members (excludes halogenated alkanes) is 3. The first-order chi connectivity index (χ1) is 42.0. The number of rotatable bonds is 21. The van der Waals surface area contributed by atoms with Crippen LogP contribution in [0.4, 0.5) is 0 Å². The van der Waals surface area contributed by atoms with Gasteiger partial charge in [0.2, 0.25) is 41.4 Å². The van der Waals surface area contributed by atoms with Crippen molar-refractivity contribution in [2.45, 2.75) is 145 Å². The van der Waals surface area contributed by atoms with Crippen molar-refractivity contribution in [2.75, 3.05) is 26.2 Å². The number of aromatic nitrogens is 2. The SMILES string of the molecule is CCCCCCOc1ccc(-c2nnc(-c3ccc(C(=O)N[C@H]4CC(O)CNC(=O)C5C(O)C(C)CN5C(=O)C(C(O)CC(N)=O)NC(=O)C(C(O)Cc5ccc(O)c(OSOOO)c5)NC(=O)C5CC(O)CN5C(=O)C(C(C)O)NC4=O)cc3)s2)cc1. The van der Waals surface area contributed by atoms with Gasteiger partial charge in [0, 0.05) is 61.5 Å². The summed E-state index contributed by atoms with van der Waals surface area (Å²) in [6, 6.07) is 5.32. The quantitative estimate of drug-likeness (QED) is 0.0200. The van der Waals surface area contributed by atoms with Crippen LogP contribution in [0.3, 0.4) is 0 Å². The van der Waals surface area contributed by atoms with E-state index < -0.39 is 177 Å². The number of aliphatic hydroxyl groups is 6. The Morgan fingerprint density at radius 1 is 0.784 bits per heavy atom. The lowest BCUT2D eigenvalue weighted by atomic mass is 9.98. The summed E-state index contributed by atoms with van der Waals surface area (Å²) in [6.45, 7) is 3.61. The number of β-amino-alcohol motifs (C(OH)–C–C–N with tert-alkyl or cyclic N) is 1. The minimum atomic E-state index is -2.22. The Labute approximate surface area is 512 Å². The number of primary amides is 1.